The molecule has 0 bridgehead atoms. The fourth-order valence-electron chi connectivity index (χ4n) is 1.28. The van der Waals surface area contributed by atoms with Gasteiger partial charge in [-0.1, -0.05) is 20.8 Å². The van der Waals surface area contributed by atoms with E-state index in [0.29, 0.717) is 18.1 Å². The lowest BCUT2D eigenvalue weighted by Crippen LogP contribution is -2.55. The van der Waals surface area contributed by atoms with Crippen LogP contribution in [0.2, 0.25) is 0 Å². The molecule has 0 aromatic heterocycles. The first-order chi connectivity index (χ1) is 8.24. The van der Waals surface area contributed by atoms with Crippen molar-refractivity contribution in [3.05, 3.63) is 0 Å². The second kappa shape index (κ2) is 7.63. The Morgan fingerprint density at radius 2 is 2.06 bits per heavy atom. The number of amidine groups is 1. The van der Waals surface area contributed by atoms with E-state index < -0.39 is 11.5 Å². The lowest BCUT2D eigenvalue weighted by molar-refractivity contribution is -0.144. The van der Waals surface area contributed by atoms with Gasteiger partial charge in [-0.3, -0.25) is 9.79 Å². The topological polar surface area (TPSA) is 102 Å². The zero-order valence-corrected chi connectivity index (χ0v) is 12.5. The molecule has 0 amide bonds. The van der Waals surface area contributed by atoms with Crippen LogP contribution < -0.4 is 11.5 Å². The zero-order valence-electron chi connectivity index (χ0n) is 11.6. The van der Waals surface area contributed by atoms with Gasteiger partial charge in [0.15, 0.2) is 0 Å². The van der Waals surface area contributed by atoms with Crippen LogP contribution in [0.15, 0.2) is 4.99 Å². The second-order valence-corrected chi connectivity index (χ2v) is 6.11. The van der Waals surface area contributed by atoms with E-state index in [4.69, 9.17) is 11.5 Å². The van der Waals surface area contributed by atoms with E-state index in [-0.39, 0.29) is 11.2 Å². The first-order valence-electron chi connectivity index (χ1n) is 6.14. The first kappa shape index (κ1) is 17.2. The van der Waals surface area contributed by atoms with Crippen molar-refractivity contribution in [1.29, 1.82) is 0 Å². The normalized spacial score (nSPS) is 17.6. The molecule has 0 aliphatic rings. The highest BCUT2D eigenvalue weighted by Crippen LogP contribution is 2.24. The van der Waals surface area contributed by atoms with Crippen LogP contribution in [0.1, 0.15) is 34.1 Å². The van der Waals surface area contributed by atoms with E-state index in [9.17, 15) is 9.90 Å². The van der Waals surface area contributed by atoms with Crippen LogP contribution in [0, 0.1) is 5.92 Å². The third kappa shape index (κ3) is 5.27. The number of carboxylic acids is 1. The minimum atomic E-state index is -1.18. The molecular weight excluding hydrogens is 250 g/mol. The monoisotopic (exact) mass is 275 g/mol. The molecule has 2 atom stereocenters. The standard InChI is InChI=1S/C12H25N3O2S/c1-5-10(6-15-9(4)13)18-7-12(14,8(2)3)11(16)17/h8,10H,5-7,14H2,1-4H3,(H2,13,15)(H,16,17)/t10?,12-/m0/s1. The lowest BCUT2D eigenvalue weighted by Gasteiger charge is -2.29. The van der Waals surface area contributed by atoms with Gasteiger partial charge >= 0.3 is 5.97 Å². The quantitative estimate of drug-likeness (QED) is 0.458. The second-order valence-electron chi connectivity index (χ2n) is 4.82. The molecule has 0 saturated heterocycles. The van der Waals surface area contributed by atoms with Crippen molar-refractivity contribution in [3.63, 3.8) is 0 Å². The van der Waals surface area contributed by atoms with Crippen molar-refractivity contribution < 1.29 is 9.90 Å². The number of nitrogens with zero attached hydrogens (tertiary/aromatic N) is 1. The van der Waals surface area contributed by atoms with Gasteiger partial charge < -0.3 is 16.6 Å². The summed E-state index contributed by atoms with van der Waals surface area (Å²) >= 11 is 1.56. The minimum Gasteiger partial charge on any atom is -0.480 e. The molecule has 0 aromatic carbocycles. The summed E-state index contributed by atoms with van der Waals surface area (Å²) in [6.07, 6.45) is 0.912. The Labute approximate surface area is 113 Å². The molecule has 106 valence electrons. The highest BCUT2D eigenvalue weighted by molar-refractivity contribution is 8.00. The van der Waals surface area contributed by atoms with Gasteiger partial charge in [0.1, 0.15) is 5.54 Å². The summed E-state index contributed by atoms with van der Waals surface area (Å²) in [5.74, 6) is -0.120. The van der Waals surface area contributed by atoms with E-state index in [1.165, 1.54) is 0 Å². The Morgan fingerprint density at radius 1 is 1.50 bits per heavy atom. The maximum Gasteiger partial charge on any atom is 0.324 e. The summed E-state index contributed by atoms with van der Waals surface area (Å²) in [6, 6.07) is 0. The van der Waals surface area contributed by atoms with E-state index in [0.717, 1.165) is 6.42 Å². The molecule has 18 heavy (non-hydrogen) atoms. The average molecular weight is 275 g/mol. The molecule has 5 N–H and O–H groups in total. The van der Waals surface area contributed by atoms with Crippen LogP contribution in [-0.2, 0) is 4.79 Å². The smallest absolute Gasteiger partial charge is 0.324 e. The predicted molar refractivity (Wildman–Crippen MR) is 78.1 cm³/mol. The summed E-state index contributed by atoms with van der Waals surface area (Å²) in [5.41, 5.74) is 10.3. The van der Waals surface area contributed by atoms with Crippen LogP contribution in [0.25, 0.3) is 0 Å². The van der Waals surface area contributed by atoms with E-state index >= 15 is 0 Å². The highest BCUT2D eigenvalue weighted by Gasteiger charge is 2.37. The fraction of sp³-hybridized carbons (Fsp3) is 0.833. The maximum atomic E-state index is 11.2. The Kier molecular flexibility index (Phi) is 7.32. The van der Waals surface area contributed by atoms with Crippen molar-refractivity contribution in [2.75, 3.05) is 12.3 Å². The van der Waals surface area contributed by atoms with Gasteiger partial charge in [0.2, 0.25) is 0 Å². The van der Waals surface area contributed by atoms with Gasteiger partial charge in [0, 0.05) is 11.0 Å². The number of hydrogen-bond donors (Lipinski definition) is 3. The number of hydrogen-bond acceptors (Lipinski definition) is 4. The molecule has 0 heterocycles. The molecule has 0 rings (SSSR count). The van der Waals surface area contributed by atoms with Crippen molar-refractivity contribution in [1.82, 2.24) is 0 Å². The number of aliphatic carboxylic acids is 1. The van der Waals surface area contributed by atoms with Gasteiger partial charge in [-0.05, 0) is 19.3 Å². The van der Waals surface area contributed by atoms with Gasteiger partial charge in [0.25, 0.3) is 0 Å². The van der Waals surface area contributed by atoms with Crippen molar-refractivity contribution in [2.24, 2.45) is 22.4 Å². The highest BCUT2D eigenvalue weighted by atomic mass is 32.2. The first-order valence-corrected chi connectivity index (χ1v) is 7.19. The number of rotatable bonds is 8. The summed E-state index contributed by atoms with van der Waals surface area (Å²) in [5, 5.41) is 9.47. The van der Waals surface area contributed by atoms with Crippen LogP contribution in [0.5, 0.6) is 0 Å². The summed E-state index contributed by atoms with van der Waals surface area (Å²) < 4.78 is 0. The number of aliphatic imine (C=N–C) groups is 1. The van der Waals surface area contributed by atoms with Gasteiger partial charge in [-0.25, -0.2) is 0 Å². The molecule has 0 spiro atoms. The third-order valence-corrected chi connectivity index (χ3v) is 4.58. The van der Waals surface area contributed by atoms with Crippen LogP contribution in [0.3, 0.4) is 0 Å². The molecule has 0 radical (unpaired) electrons. The number of nitrogens with two attached hydrogens (primary N) is 2. The number of carboxylic acid groups (broad SMARTS) is 1. The molecule has 6 heteroatoms. The molecular formula is C12H25N3O2S. The Morgan fingerprint density at radius 3 is 2.39 bits per heavy atom. The average Bonchev–Trinajstić information content (AvgIpc) is 2.27. The third-order valence-electron chi connectivity index (χ3n) is 2.99. The molecule has 0 fully saturated rings. The number of carbonyl (C=O) groups is 1. The zero-order chi connectivity index (χ0) is 14.3. The predicted octanol–water partition coefficient (Wildman–Crippen LogP) is 1.31. The van der Waals surface area contributed by atoms with Crippen LogP contribution in [-0.4, -0.2) is 40.0 Å². The molecule has 0 aliphatic heterocycles. The van der Waals surface area contributed by atoms with Crippen LogP contribution in [0.4, 0.5) is 0 Å². The molecule has 0 aliphatic carbocycles. The van der Waals surface area contributed by atoms with E-state index in [1.807, 2.05) is 20.8 Å². The molecule has 0 aromatic rings. The van der Waals surface area contributed by atoms with E-state index in [2.05, 4.69) is 4.99 Å². The summed E-state index contributed by atoms with van der Waals surface area (Å²) in [4.78, 5) is 15.4. The van der Waals surface area contributed by atoms with Crippen molar-refractivity contribution in [2.45, 2.75) is 44.9 Å². The Bertz CT molecular complexity index is 304. The fourth-order valence-corrected chi connectivity index (χ4v) is 2.66. The maximum absolute atomic E-state index is 11.2. The van der Waals surface area contributed by atoms with Gasteiger partial charge in [0.05, 0.1) is 12.4 Å². The molecule has 1 unspecified atom stereocenters. The minimum absolute atomic E-state index is 0.111. The Balaban J connectivity index is 4.50. The van der Waals surface area contributed by atoms with Crippen molar-refractivity contribution in [3.8, 4) is 0 Å². The lowest BCUT2D eigenvalue weighted by atomic mass is 9.90. The Hall–Kier alpha value is -0.750. The van der Waals surface area contributed by atoms with Gasteiger partial charge in [-0.15, -0.1) is 0 Å². The van der Waals surface area contributed by atoms with E-state index in [1.54, 1.807) is 18.7 Å². The number of thioether (sulfide) groups is 1. The van der Waals surface area contributed by atoms with Crippen molar-refractivity contribution >= 4 is 23.6 Å². The largest absolute Gasteiger partial charge is 0.480 e. The summed E-state index contributed by atoms with van der Waals surface area (Å²) in [7, 11) is 0. The SMILES string of the molecule is CCC(CN=C(C)N)SC[C@@](N)(C(=O)O)C(C)C. The molecule has 5 nitrogen and oxygen atoms in total. The van der Waals surface area contributed by atoms with Gasteiger partial charge in [-0.2, -0.15) is 11.8 Å². The molecule has 0 saturated carbocycles. The summed E-state index contributed by atoms with van der Waals surface area (Å²) in [6.45, 7) is 8.07. The van der Waals surface area contributed by atoms with Crippen LogP contribution >= 0.6 is 11.8 Å².